The van der Waals surface area contributed by atoms with Gasteiger partial charge in [-0.1, -0.05) is 24.3 Å². The number of hydrogen-bond acceptors (Lipinski definition) is 3. The highest BCUT2D eigenvalue weighted by Crippen LogP contribution is 2.35. The van der Waals surface area contributed by atoms with Crippen LogP contribution in [0.2, 0.25) is 0 Å². The molecule has 116 valence electrons. The first-order valence-corrected chi connectivity index (χ1v) is 7.20. The van der Waals surface area contributed by atoms with E-state index in [0.717, 1.165) is 0 Å². The van der Waals surface area contributed by atoms with Crippen molar-refractivity contribution in [3.05, 3.63) is 64.1 Å². The molecule has 0 bridgehead atoms. The van der Waals surface area contributed by atoms with Gasteiger partial charge in [-0.15, -0.1) is 0 Å². The quantitative estimate of drug-likeness (QED) is 0.723. The molecule has 0 radical (unpaired) electrons. The highest BCUT2D eigenvalue weighted by Gasteiger charge is 2.40. The minimum absolute atomic E-state index is 0.0134. The van der Waals surface area contributed by atoms with Crippen molar-refractivity contribution in [2.75, 3.05) is 0 Å². The van der Waals surface area contributed by atoms with E-state index < -0.39 is 23.6 Å². The average molecular weight is 369 g/mol. The summed E-state index contributed by atoms with van der Waals surface area (Å²) in [7, 11) is 0. The molecular weight excluding hydrogens is 355 g/mol. The topological polar surface area (TPSA) is 82.5 Å². The molecule has 0 fully saturated rings. The van der Waals surface area contributed by atoms with Crippen molar-refractivity contribution < 1.29 is 19.4 Å². The molecule has 2 atom stereocenters. The first kappa shape index (κ1) is 16.4. The van der Waals surface area contributed by atoms with Crippen LogP contribution in [0.25, 0.3) is 0 Å². The van der Waals surface area contributed by atoms with E-state index in [1.807, 2.05) is 0 Å². The molecule has 1 aromatic heterocycles. The minimum Gasteiger partial charge on any atom is -0.465 e. The Hall–Kier alpha value is -1.99. The van der Waals surface area contributed by atoms with Gasteiger partial charge in [0.25, 0.3) is 0 Å². The molecule has 0 aliphatic heterocycles. The predicted octanol–water partition coefficient (Wildman–Crippen LogP) is 3.20. The lowest BCUT2D eigenvalue weighted by molar-refractivity contribution is 0.0604. The molecule has 22 heavy (non-hydrogen) atoms. The van der Waals surface area contributed by atoms with Gasteiger partial charge in [0.2, 0.25) is 0 Å². The molecule has 7 heteroatoms. The van der Waals surface area contributed by atoms with Crippen molar-refractivity contribution in [1.82, 2.24) is 10.3 Å². The standard InChI is InChI=1S/C15H14BrFN2O3/c1-15(19-14(21)22,11-7-4-8-12(16)18-11)13(20)9-5-2-3-6-10(9)17/h2-8,13,19-20H,1H3,(H,21,22). The highest BCUT2D eigenvalue weighted by atomic mass is 79.9. The summed E-state index contributed by atoms with van der Waals surface area (Å²) in [6, 6.07) is 10.5. The van der Waals surface area contributed by atoms with Gasteiger partial charge in [-0.2, -0.15) is 0 Å². The van der Waals surface area contributed by atoms with Gasteiger partial charge in [-0.25, -0.2) is 14.2 Å². The number of aromatic nitrogens is 1. The number of amides is 1. The van der Waals surface area contributed by atoms with Crippen LogP contribution in [0.4, 0.5) is 9.18 Å². The lowest BCUT2D eigenvalue weighted by Gasteiger charge is -2.34. The fraction of sp³-hybridized carbons (Fsp3) is 0.200. The number of pyridine rings is 1. The lowest BCUT2D eigenvalue weighted by atomic mass is 9.85. The van der Waals surface area contributed by atoms with Crippen LogP contribution in [-0.4, -0.2) is 21.3 Å². The van der Waals surface area contributed by atoms with Gasteiger partial charge < -0.3 is 15.5 Å². The SMILES string of the molecule is CC(NC(=O)O)(c1cccc(Br)n1)C(O)c1ccccc1F. The Morgan fingerprint density at radius 1 is 1.32 bits per heavy atom. The van der Waals surface area contributed by atoms with E-state index >= 15 is 0 Å². The Bertz CT molecular complexity index is 698. The number of carboxylic acid groups (broad SMARTS) is 1. The largest absolute Gasteiger partial charge is 0.465 e. The molecule has 0 saturated carbocycles. The summed E-state index contributed by atoms with van der Waals surface area (Å²) in [5.74, 6) is -0.622. The third kappa shape index (κ3) is 3.26. The maximum Gasteiger partial charge on any atom is 0.405 e. The van der Waals surface area contributed by atoms with Crippen LogP contribution in [0.5, 0.6) is 0 Å². The van der Waals surface area contributed by atoms with Crippen LogP contribution < -0.4 is 5.32 Å². The highest BCUT2D eigenvalue weighted by molar-refractivity contribution is 9.10. The van der Waals surface area contributed by atoms with Crippen molar-refractivity contribution in [2.24, 2.45) is 0 Å². The molecule has 2 rings (SSSR count). The smallest absolute Gasteiger partial charge is 0.405 e. The molecule has 3 N–H and O–H groups in total. The Balaban J connectivity index is 2.54. The van der Waals surface area contributed by atoms with E-state index in [0.29, 0.717) is 4.60 Å². The summed E-state index contributed by atoms with van der Waals surface area (Å²) in [6.45, 7) is 1.45. The summed E-state index contributed by atoms with van der Waals surface area (Å²) in [4.78, 5) is 15.3. The van der Waals surface area contributed by atoms with Crippen molar-refractivity contribution in [1.29, 1.82) is 0 Å². The minimum atomic E-state index is -1.52. The Kier molecular flexibility index (Phi) is 4.77. The molecule has 5 nitrogen and oxygen atoms in total. The number of aliphatic hydroxyl groups is 1. The third-order valence-electron chi connectivity index (χ3n) is 3.36. The summed E-state index contributed by atoms with van der Waals surface area (Å²) in [6.07, 6.45) is -2.80. The monoisotopic (exact) mass is 368 g/mol. The Morgan fingerprint density at radius 2 is 2.00 bits per heavy atom. The van der Waals surface area contributed by atoms with Crippen molar-refractivity contribution in [3.8, 4) is 0 Å². The fourth-order valence-corrected chi connectivity index (χ4v) is 2.54. The van der Waals surface area contributed by atoms with Crippen LogP contribution in [-0.2, 0) is 5.54 Å². The van der Waals surface area contributed by atoms with E-state index in [4.69, 9.17) is 5.11 Å². The lowest BCUT2D eigenvalue weighted by Crippen LogP contribution is -2.48. The Morgan fingerprint density at radius 3 is 2.59 bits per heavy atom. The van der Waals surface area contributed by atoms with Gasteiger partial charge in [0.1, 0.15) is 22.1 Å². The maximum atomic E-state index is 13.9. The zero-order valence-corrected chi connectivity index (χ0v) is 13.2. The zero-order chi connectivity index (χ0) is 16.3. The number of nitrogens with zero attached hydrogens (tertiary/aromatic N) is 1. The van der Waals surface area contributed by atoms with Gasteiger partial charge in [0.15, 0.2) is 0 Å². The molecular formula is C15H14BrFN2O3. The molecule has 0 aliphatic rings. The molecule has 0 aliphatic carbocycles. The summed E-state index contributed by atoms with van der Waals surface area (Å²) >= 11 is 3.20. The maximum absolute atomic E-state index is 13.9. The van der Waals surface area contributed by atoms with Gasteiger partial charge >= 0.3 is 6.09 Å². The average Bonchev–Trinajstić information content (AvgIpc) is 2.46. The van der Waals surface area contributed by atoms with Crippen LogP contribution in [0.1, 0.15) is 24.3 Å². The van der Waals surface area contributed by atoms with E-state index in [1.165, 1.54) is 25.1 Å². The number of benzene rings is 1. The number of nitrogens with one attached hydrogen (secondary N) is 1. The van der Waals surface area contributed by atoms with E-state index in [2.05, 4.69) is 26.2 Å². The molecule has 0 spiro atoms. The second kappa shape index (κ2) is 6.41. The normalized spacial score (nSPS) is 14.9. The van der Waals surface area contributed by atoms with Crippen molar-refractivity contribution in [3.63, 3.8) is 0 Å². The van der Waals surface area contributed by atoms with Crippen LogP contribution in [0, 0.1) is 5.82 Å². The Labute approximate surface area is 135 Å². The summed E-state index contributed by atoms with van der Waals surface area (Å²) in [5, 5.41) is 21.9. The second-order valence-corrected chi connectivity index (χ2v) is 5.71. The predicted molar refractivity (Wildman–Crippen MR) is 81.8 cm³/mol. The third-order valence-corrected chi connectivity index (χ3v) is 3.80. The van der Waals surface area contributed by atoms with Gasteiger partial charge in [0.05, 0.1) is 5.69 Å². The molecule has 1 aromatic carbocycles. The van der Waals surface area contributed by atoms with E-state index in [-0.39, 0.29) is 11.3 Å². The summed E-state index contributed by atoms with van der Waals surface area (Å²) in [5.41, 5.74) is -1.27. The van der Waals surface area contributed by atoms with Crippen LogP contribution in [0.3, 0.4) is 0 Å². The first-order valence-electron chi connectivity index (χ1n) is 6.41. The number of carbonyl (C=O) groups is 1. The van der Waals surface area contributed by atoms with Crippen LogP contribution >= 0.6 is 15.9 Å². The van der Waals surface area contributed by atoms with Gasteiger partial charge in [-0.05, 0) is 41.1 Å². The van der Waals surface area contributed by atoms with Crippen molar-refractivity contribution >= 4 is 22.0 Å². The molecule has 1 amide bonds. The number of hydrogen-bond donors (Lipinski definition) is 3. The number of halogens is 2. The number of aliphatic hydroxyl groups excluding tert-OH is 1. The second-order valence-electron chi connectivity index (χ2n) is 4.90. The fourth-order valence-electron chi connectivity index (χ4n) is 2.20. The van der Waals surface area contributed by atoms with E-state index in [9.17, 15) is 14.3 Å². The molecule has 2 unspecified atom stereocenters. The molecule has 0 saturated heterocycles. The first-order chi connectivity index (χ1) is 10.3. The molecule has 2 aromatic rings. The van der Waals surface area contributed by atoms with E-state index in [1.54, 1.807) is 24.3 Å². The van der Waals surface area contributed by atoms with Gasteiger partial charge in [-0.3, -0.25) is 0 Å². The molecule has 1 heterocycles. The number of rotatable bonds is 4. The van der Waals surface area contributed by atoms with Crippen LogP contribution in [0.15, 0.2) is 47.1 Å². The van der Waals surface area contributed by atoms with Gasteiger partial charge in [0, 0.05) is 5.56 Å². The summed E-state index contributed by atoms with van der Waals surface area (Å²) < 4.78 is 14.4. The zero-order valence-electron chi connectivity index (χ0n) is 11.6. The van der Waals surface area contributed by atoms with Crippen molar-refractivity contribution in [2.45, 2.75) is 18.6 Å².